The Hall–Kier alpha value is -3.37. The van der Waals surface area contributed by atoms with E-state index >= 15 is 0 Å². The fraction of sp³-hybridized carbons (Fsp3) is 0.250. The molecule has 1 aliphatic rings. The number of nitrogens with zero attached hydrogens (tertiary/aromatic N) is 1. The minimum Gasteiger partial charge on any atom is -0.376 e. The van der Waals surface area contributed by atoms with Crippen LogP contribution in [0.2, 0.25) is 0 Å². The van der Waals surface area contributed by atoms with Crippen molar-refractivity contribution in [2.24, 2.45) is 0 Å². The van der Waals surface area contributed by atoms with Gasteiger partial charge in [0.05, 0.1) is 22.3 Å². The van der Waals surface area contributed by atoms with Crippen LogP contribution in [0.4, 0.5) is 11.4 Å². The molecule has 1 fully saturated rings. The minimum absolute atomic E-state index is 0.00210. The normalized spacial score (nSPS) is 15.3. The van der Waals surface area contributed by atoms with Crippen LogP contribution in [0, 0.1) is 10.1 Å². The van der Waals surface area contributed by atoms with Crippen LogP contribution < -0.4 is 16.0 Å². The summed E-state index contributed by atoms with van der Waals surface area (Å²) < 4.78 is 5.50. The minimum atomic E-state index is -0.547. The summed E-state index contributed by atoms with van der Waals surface area (Å²) in [6.07, 6.45) is 1.93. The molecule has 0 saturated carbocycles. The first kappa shape index (κ1) is 21.3. The number of nitro benzene ring substituents is 1. The van der Waals surface area contributed by atoms with E-state index in [1.165, 1.54) is 24.3 Å². The third-order valence-corrected chi connectivity index (χ3v) is 4.71. The first-order chi connectivity index (χ1) is 14.4. The summed E-state index contributed by atoms with van der Waals surface area (Å²) in [4.78, 5) is 35.0. The lowest BCUT2D eigenvalue weighted by Crippen LogP contribution is -2.35. The number of carbonyl (C=O) groups is 2. The van der Waals surface area contributed by atoms with Gasteiger partial charge in [-0.15, -0.1) is 0 Å². The van der Waals surface area contributed by atoms with Crippen LogP contribution in [0.5, 0.6) is 0 Å². The molecule has 1 heterocycles. The Bertz CT molecular complexity index is 958. The highest BCUT2D eigenvalue weighted by molar-refractivity contribution is 7.80. The molecule has 30 heavy (non-hydrogen) atoms. The van der Waals surface area contributed by atoms with Crippen LogP contribution in [-0.4, -0.2) is 41.1 Å². The molecule has 2 aromatic carbocycles. The van der Waals surface area contributed by atoms with Crippen LogP contribution in [-0.2, 0) is 4.74 Å². The van der Waals surface area contributed by atoms with E-state index in [9.17, 15) is 19.7 Å². The summed E-state index contributed by atoms with van der Waals surface area (Å²) >= 11 is 5.17. The van der Waals surface area contributed by atoms with Crippen molar-refractivity contribution in [3.8, 4) is 0 Å². The van der Waals surface area contributed by atoms with Crippen LogP contribution in [0.1, 0.15) is 33.6 Å². The lowest BCUT2D eigenvalue weighted by molar-refractivity contribution is -0.384. The van der Waals surface area contributed by atoms with Crippen molar-refractivity contribution in [3.63, 3.8) is 0 Å². The van der Waals surface area contributed by atoms with Crippen molar-refractivity contribution in [3.05, 3.63) is 69.8 Å². The van der Waals surface area contributed by atoms with Crippen LogP contribution in [0.3, 0.4) is 0 Å². The number of thiocarbonyl (C=S) groups is 1. The number of hydrogen-bond acceptors (Lipinski definition) is 6. The Morgan fingerprint density at radius 3 is 2.53 bits per heavy atom. The summed E-state index contributed by atoms with van der Waals surface area (Å²) in [5.74, 6) is -0.805. The lowest BCUT2D eigenvalue weighted by atomic mass is 10.1. The SMILES string of the molecule is O=C(NC(=S)Nc1ccccc1C(=O)NCC1CCCO1)c1ccc([N+](=O)[O-])cc1. The molecule has 9 nitrogen and oxygen atoms in total. The predicted octanol–water partition coefficient (Wildman–Crippen LogP) is 2.63. The highest BCUT2D eigenvalue weighted by atomic mass is 32.1. The Morgan fingerprint density at radius 1 is 1.13 bits per heavy atom. The van der Waals surface area contributed by atoms with E-state index < -0.39 is 10.8 Å². The monoisotopic (exact) mass is 428 g/mol. The molecule has 10 heteroatoms. The van der Waals surface area contributed by atoms with E-state index in [4.69, 9.17) is 17.0 Å². The second-order valence-corrected chi connectivity index (χ2v) is 7.01. The van der Waals surface area contributed by atoms with Gasteiger partial charge in [0.25, 0.3) is 17.5 Å². The van der Waals surface area contributed by atoms with E-state index in [2.05, 4.69) is 16.0 Å². The van der Waals surface area contributed by atoms with E-state index in [0.717, 1.165) is 12.8 Å². The Balaban J connectivity index is 1.60. The van der Waals surface area contributed by atoms with Crippen molar-refractivity contribution < 1.29 is 19.2 Å². The number of para-hydroxylation sites is 1. The Kier molecular flexibility index (Phi) is 7.04. The van der Waals surface area contributed by atoms with Gasteiger partial charge < -0.3 is 15.4 Å². The zero-order chi connectivity index (χ0) is 21.5. The van der Waals surface area contributed by atoms with Crippen molar-refractivity contribution in [1.82, 2.24) is 10.6 Å². The largest absolute Gasteiger partial charge is 0.376 e. The van der Waals surface area contributed by atoms with E-state index in [-0.39, 0.29) is 28.4 Å². The molecule has 3 N–H and O–H groups in total. The molecule has 0 aliphatic carbocycles. The summed E-state index contributed by atoms with van der Waals surface area (Å²) in [5, 5.41) is 18.9. The summed E-state index contributed by atoms with van der Waals surface area (Å²) in [6.45, 7) is 1.13. The van der Waals surface area contributed by atoms with Gasteiger partial charge in [0.2, 0.25) is 0 Å². The molecule has 0 radical (unpaired) electrons. The van der Waals surface area contributed by atoms with E-state index in [1.807, 2.05) is 0 Å². The Labute approximate surface area is 178 Å². The smallest absolute Gasteiger partial charge is 0.269 e. The maximum atomic E-state index is 12.5. The van der Waals surface area contributed by atoms with Gasteiger partial charge in [-0.1, -0.05) is 12.1 Å². The molecule has 1 unspecified atom stereocenters. The van der Waals surface area contributed by atoms with Gasteiger partial charge in [0, 0.05) is 30.8 Å². The quantitative estimate of drug-likeness (QED) is 0.367. The average Bonchev–Trinajstić information content (AvgIpc) is 3.26. The van der Waals surface area contributed by atoms with Gasteiger partial charge in [-0.05, 0) is 49.3 Å². The van der Waals surface area contributed by atoms with Crippen molar-refractivity contribution in [2.45, 2.75) is 18.9 Å². The summed E-state index contributed by atoms with van der Waals surface area (Å²) in [7, 11) is 0. The molecule has 2 aromatic rings. The number of hydrogen-bond donors (Lipinski definition) is 3. The van der Waals surface area contributed by atoms with E-state index in [1.54, 1.807) is 24.3 Å². The number of nitro groups is 1. The number of anilines is 1. The number of rotatable bonds is 6. The molecule has 1 saturated heterocycles. The van der Waals surface area contributed by atoms with Gasteiger partial charge >= 0.3 is 0 Å². The van der Waals surface area contributed by atoms with Gasteiger partial charge in [0.1, 0.15) is 0 Å². The van der Waals surface area contributed by atoms with Crippen molar-refractivity contribution in [2.75, 3.05) is 18.5 Å². The maximum absolute atomic E-state index is 12.5. The summed E-state index contributed by atoms with van der Waals surface area (Å²) in [6, 6.07) is 11.9. The number of ether oxygens (including phenoxy) is 1. The topological polar surface area (TPSA) is 123 Å². The summed E-state index contributed by atoms with van der Waals surface area (Å²) in [5.41, 5.74) is 0.918. The molecule has 3 rings (SSSR count). The molecule has 0 spiro atoms. The van der Waals surface area contributed by atoms with Crippen LogP contribution in [0.15, 0.2) is 48.5 Å². The fourth-order valence-corrected chi connectivity index (χ4v) is 3.16. The highest BCUT2D eigenvalue weighted by Gasteiger charge is 2.18. The molecule has 0 bridgehead atoms. The standard InChI is InChI=1S/C20H20N4O5S/c25-18(13-7-9-14(10-8-13)24(27)28)23-20(30)22-17-6-2-1-5-16(17)19(26)21-12-15-4-3-11-29-15/h1-2,5-10,15H,3-4,11-12H2,(H,21,26)(H2,22,23,25,30). The predicted molar refractivity (Wildman–Crippen MR) is 115 cm³/mol. The third-order valence-electron chi connectivity index (χ3n) is 4.50. The van der Waals surface area contributed by atoms with Crippen LogP contribution >= 0.6 is 12.2 Å². The molecular weight excluding hydrogens is 408 g/mol. The molecule has 156 valence electrons. The molecular formula is C20H20N4O5S. The van der Waals surface area contributed by atoms with Crippen LogP contribution in [0.25, 0.3) is 0 Å². The van der Waals surface area contributed by atoms with Crippen molar-refractivity contribution in [1.29, 1.82) is 0 Å². The zero-order valence-electron chi connectivity index (χ0n) is 15.9. The number of nitrogens with one attached hydrogen (secondary N) is 3. The number of non-ortho nitro benzene ring substituents is 1. The van der Waals surface area contributed by atoms with Gasteiger partial charge in [-0.2, -0.15) is 0 Å². The second kappa shape index (κ2) is 9.90. The number of amides is 2. The van der Waals surface area contributed by atoms with Gasteiger partial charge in [-0.25, -0.2) is 0 Å². The number of benzene rings is 2. The Morgan fingerprint density at radius 2 is 1.87 bits per heavy atom. The molecule has 0 aromatic heterocycles. The maximum Gasteiger partial charge on any atom is 0.269 e. The fourth-order valence-electron chi connectivity index (χ4n) is 2.96. The first-order valence-electron chi connectivity index (χ1n) is 9.29. The molecule has 2 amide bonds. The van der Waals surface area contributed by atoms with Gasteiger partial charge in [-0.3, -0.25) is 25.0 Å². The third kappa shape index (κ3) is 5.58. The highest BCUT2D eigenvalue weighted by Crippen LogP contribution is 2.16. The molecule has 1 atom stereocenters. The van der Waals surface area contributed by atoms with E-state index in [0.29, 0.717) is 24.4 Å². The number of carbonyl (C=O) groups excluding carboxylic acids is 2. The van der Waals surface area contributed by atoms with Crippen molar-refractivity contribution >= 4 is 40.5 Å². The average molecular weight is 428 g/mol. The lowest BCUT2D eigenvalue weighted by Gasteiger charge is -2.15. The molecule has 1 aliphatic heterocycles. The first-order valence-corrected chi connectivity index (χ1v) is 9.70. The zero-order valence-corrected chi connectivity index (χ0v) is 16.7. The second-order valence-electron chi connectivity index (χ2n) is 6.60. The van der Waals surface area contributed by atoms with Gasteiger partial charge in [0.15, 0.2) is 5.11 Å².